The number of aromatic nitrogens is 4. The maximum Gasteiger partial charge on any atom is 0.435 e. The Morgan fingerprint density at radius 2 is 1.85 bits per heavy atom. The Morgan fingerprint density at radius 3 is 2.49 bits per heavy atom. The first-order valence-corrected chi connectivity index (χ1v) is 13.4. The highest BCUT2D eigenvalue weighted by Crippen LogP contribution is 2.36. The molecule has 0 amide bonds. The fourth-order valence-corrected chi connectivity index (χ4v) is 5.25. The van der Waals surface area contributed by atoms with Crippen molar-refractivity contribution in [3.8, 4) is 0 Å². The summed E-state index contributed by atoms with van der Waals surface area (Å²) in [6, 6.07) is 8.09. The van der Waals surface area contributed by atoms with E-state index in [9.17, 15) is 18.0 Å². The van der Waals surface area contributed by atoms with E-state index in [1.807, 2.05) is 39.0 Å². The van der Waals surface area contributed by atoms with E-state index in [-0.39, 0.29) is 16.9 Å². The van der Waals surface area contributed by atoms with Gasteiger partial charge in [0.2, 0.25) is 5.13 Å². The minimum absolute atomic E-state index is 0.104. The molecule has 4 aromatic rings. The Hall–Kier alpha value is -3.67. The Balaban J connectivity index is 1.71. The standard InChI is InChI=1S/C27H32F3N7OS/c1-7-37(11-10-31-26-35-34-18(5)39-26)23-14-20-19(12-15(2)13-21(20)25(38)36(23)6)17(4)33-22-9-8-16(3)32-24(22)27(28,29)30/h8-9,12-14,17,33H,7,10-11H2,1-6H3,(H,31,35). The van der Waals surface area contributed by atoms with Crippen LogP contribution in [0.3, 0.4) is 0 Å². The Bertz CT molecular complexity index is 1550. The molecule has 0 saturated heterocycles. The summed E-state index contributed by atoms with van der Waals surface area (Å²) < 4.78 is 42.8. The van der Waals surface area contributed by atoms with Gasteiger partial charge < -0.3 is 15.5 Å². The number of nitrogens with one attached hydrogen (secondary N) is 2. The van der Waals surface area contributed by atoms with Gasteiger partial charge in [-0.15, -0.1) is 10.2 Å². The average molecular weight is 560 g/mol. The zero-order valence-electron chi connectivity index (χ0n) is 22.8. The Kier molecular flexibility index (Phi) is 8.15. The predicted octanol–water partition coefficient (Wildman–Crippen LogP) is 5.84. The lowest BCUT2D eigenvalue weighted by Crippen LogP contribution is -2.34. The van der Waals surface area contributed by atoms with E-state index in [2.05, 4.69) is 30.7 Å². The molecule has 12 heteroatoms. The molecule has 1 atom stereocenters. The highest BCUT2D eigenvalue weighted by Gasteiger charge is 2.36. The third kappa shape index (κ3) is 6.16. The number of hydrogen-bond donors (Lipinski definition) is 2. The average Bonchev–Trinajstić information content (AvgIpc) is 3.29. The van der Waals surface area contributed by atoms with Crippen LogP contribution in [0.2, 0.25) is 0 Å². The molecule has 0 aliphatic rings. The maximum absolute atomic E-state index is 13.7. The number of fused-ring (bicyclic) bond motifs is 1. The van der Waals surface area contributed by atoms with Crippen molar-refractivity contribution in [2.45, 2.75) is 46.8 Å². The van der Waals surface area contributed by atoms with E-state index in [1.54, 1.807) is 24.6 Å². The SMILES string of the molecule is CCN(CCNc1nnc(C)s1)c1cc2c(C(C)Nc3ccc(C)nc3C(F)(F)F)cc(C)cc2c(=O)n1C. The van der Waals surface area contributed by atoms with Gasteiger partial charge in [0.25, 0.3) is 5.56 Å². The van der Waals surface area contributed by atoms with Crippen molar-refractivity contribution in [3.05, 3.63) is 68.2 Å². The van der Waals surface area contributed by atoms with Crippen molar-refractivity contribution >= 4 is 38.7 Å². The molecule has 0 spiro atoms. The zero-order valence-corrected chi connectivity index (χ0v) is 23.6. The van der Waals surface area contributed by atoms with Gasteiger partial charge in [0, 0.05) is 43.8 Å². The fraction of sp³-hybridized carbons (Fsp3) is 0.407. The summed E-state index contributed by atoms with van der Waals surface area (Å²) >= 11 is 1.47. The van der Waals surface area contributed by atoms with Gasteiger partial charge >= 0.3 is 6.18 Å². The fourth-order valence-electron chi connectivity index (χ4n) is 4.64. The van der Waals surface area contributed by atoms with E-state index in [1.165, 1.54) is 24.3 Å². The minimum Gasteiger partial charge on any atom is -0.377 e. The molecular formula is C27H32F3N7OS. The molecule has 8 nitrogen and oxygen atoms in total. The number of benzene rings is 1. The monoisotopic (exact) mass is 559 g/mol. The molecule has 2 N–H and O–H groups in total. The van der Waals surface area contributed by atoms with Crippen LogP contribution in [-0.2, 0) is 13.2 Å². The quantitative estimate of drug-likeness (QED) is 0.266. The van der Waals surface area contributed by atoms with Gasteiger partial charge in [0.15, 0.2) is 5.69 Å². The maximum atomic E-state index is 13.7. The smallest absolute Gasteiger partial charge is 0.377 e. The first-order valence-electron chi connectivity index (χ1n) is 12.6. The molecule has 0 fully saturated rings. The molecule has 0 bridgehead atoms. The second-order valence-corrected chi connectivity index (χ2v) is 10.7. The van der Waals surface area contributed by atoms with Crippen LogP contribution in [0.4, 0.5) is 29.8 Å². The summed E-state index contributed by atoms with van der Waals surface area (Å²) in [7, 11) is 1.73. The molecule has 1 unspecified atom stereocenters. The van der Waals surface area contributed by atoms with Crippen LogP contribution in [0.1, 0.15) is 47.4 Å². The molecule has 4 rings (SSSR count). The second-order valence-electron chi connectivity index (χ2n) is 9.53. The van der Waals surface area contributed by atoms with Crippen molar-refractivity contribution < 1.29 is 13.2 Å². The topological polar surface area (TPSA) is 88.0 Å². The molecule has 0 aliphatic heterocycles. The van der Waals surface area contributed by atoms with Crippen LogP contribution in [-0.4, -0.2) is 39.4 Å². The number of pyridine rings is 2. The van der Waals surface area contributed by atoms with Crippen molar-refractivity contribution in [3.63, 3.8) is 0 Å². The minimum atomic E-state index is -4.60. The van der Waals surface area contributed by atoms with Gasteiger partial charge in [-0.05, 0) is 75.4 Å². The lowest BCUT2D eigenvalue weighted by molar-refractivity contribution is -0.140. The summed E-state index contributed by atoms with van der Waals surface area (Å²) in [4.78, 5) is 19.3. The molecule has 0 saturated carbocycles. The molecule has 3 aromatic heterocycles. The third-order valence-electron chi connectivity index (χ3n) is 6.54. The normalized spacial score (nSPS) is 12.5. The van der Waals surface area contributed by atoms with Crippen LogP contribution >= 0.6 is 11.3 Å². The summed E-state index contributed by atoms with van der Waals surface area (Å²) in [5.74, 6) is 0.718. The number of nitrogens with zero attached hydrogens (tertiary/aromatic N) is 5. The molecule has 39 heavy (non-hydrogen) atoms. The first kappa shape index (κ1) is 28.3. The molecule has 0 radical (unpaired) electrons. The molecule has 1 aromatic carbocycles. The van der Waals surface area contributed by atoms with E-state index in [0.717, 1.165) is 27.1 Å². The van der Waals surface area contributed by atoms with Crippen LogP contribution in [0.5, 0.6) is 0 Å². The van der Waals surface area contributed by atoms with Crippen LogP contribution < -0.4 is 21.1 Å². The van der Waals surface area contributed by atoms with E-state index >= 15 is 0 Å². The summed E-state index contributed by atoms with van der Waals surface area (Å²) in [6.45, 7) is 10.9. The van der Waals surface area contributed by atoms with Crippen LogP contribution in [0.15, 0.2) is 35.1 Å². The van der Waals surface area contributed by atoms with Gasteiger partial charge in [-0.2, -0.15) is 13.2 Å². The first-order chi connectivity index (χ1) is 18.4. The van der Waals surface area contributed by atoms with Gasteiger partial charge in [0.05, 0.1) is 5.69 Å². The van der Waals surface area contributed by atoms with Crippen LogP contribution in [0, 0.1) is 20.8 Å². The molecule has 0 aliphatic carbocycles. The molecule has 208 valence electrons. The molecule has 3 heterocycles. The van der Waals surface area contributed by atoms with Crippen molar-refractivity contribution in [2.75, 3.05) is 35.2 Å². The lowest BCUT2D eigenvalue weighted by atomic mass is 9.97. The van der Waals surface area contributed by atoms with Crippen LogP contribution in [0.25, 0.3) is 10.8 Å². The predicted molar refractivity (Wildman–Crippen MR) is 151 cm³/mol. The van der Waals surface area contributed by atoms with Crippen molar-refractivity contribution in [1.29, 1.82) is 0 Å². The molecular weight excluding hydrogens is 527 g/mol. The van der Waals surface area contributed by atoms with Gasteiger partial charge in [0.1, 0.15) is 10.8 Å². The van der Waals surface area contributed by atoms with Crippen molar-refractivity contribution in [1.82, 2.24) is 19.7 Å². The number of halogens is 3. The van der Waals surface area contributed by atoms with Crippen molar-refractivity contribution in [2.24, 2.45) is 7.05 Å². The highest BCUT2D eigenvalue weighted by molar-refractivity contribution is 7.15. The Morgan fingerprint density at radius 1 is 1.10 bits per heavy atom. The van der Waals surface area contributed by atoms with E-state index < -0.39 is 17.9 Å². The summed E-state index contributed by atoms with van der Waals surface area (Å²) in [5, 5.41) is 17.2. The lowest BCUT2D eigenvalue weighted by Gasteiger charge is -2.27. The van der Waals surface area contributed by atoms with Gasteiger partial charge in [-0.3, -0.25) is 9.36 Å². The van der Waals surface area contributed by atoms with Gasteiger partial charge in [-0.25, -0.2) is 4.98 Å². The largest absolute Gasteiger partial charge is 0.435 e. The number of rotatable bonds is 9. The Labute approximate surface area is 228 Å². The number of anilines is 3. The number of alkyl halides is 3. The second kappa shape index (κ2) is 11.2. The number of aryl methyl sites for hydroxylation is 3. The van der Waals surface area contributed by atoms with E-state index in [0.29, 0.717) is 30.4 Å². The highest BCUT2D eigenvalue weighted by atomic mass is 32.1. The zero-order chi connectivity index (χ0) is 28.5. The van der Waals surface area contributed by atoms with Gasteiger partial charge in [-0.1, -0.05) is 17.4 Å². The summed E-state index contributed by atoms with van der Waals surface area (Å²) in [6.07, 6.45) is -4.60. The number of hydrogen-bond acceptors (Lipinski definition) is 8. The van der Waals surface area contributed by atoms with E-state index in [4.69, 9.17) is 0 Å². The third-order valence-corrected chi connectivity index (χ3v) is 7.34. The number of likely N-dealkylation sites (N-methyl/N-ethyl adjacent to an activating group) is 1. The summed E-state index contributed by atoms with van der Waals surface area (Å²) in [5.41, 5.74) is 0.628.